The Hall–Kier alpha value is -2.34. The largest absolute Gasteiger partial charge is 0.352 e. The standard InChI is InChI=1S/C22H26BrN3O2/c1-16(19-9-5-6-10-20(19)23)25-22(28)26-13-11-18(12-14-26)21(27)24-15-17-7-3-2-4-8-17/h2-10,16,18H,11-15H2,1H3,(H,24,27)(H,25,28). The highest BCUT2D eigenvalue weighted by atomic mass is 79.9. The highest BCUT2D eigenvalue weighted by molar-refractivity contribution is 9.10. The van der Waals surface area contributed by atoms with Gasteiger partial charge in [-0.05, 0) is 37.0 Å². The first-order valence-electron chi connectivity index (χ1n) is 9.66. The Labute approximate surface area is 174 Å². The molecule has 0 saturated carbocycles. The molecule has 2 aromatic rings. The van der Waals surface area contributed by atoms with Gasteiger partial charge in [0, 0.05) is 30.0 Å². The molecule has 3 amide bonds. The van der Waals surface area contributed by atoms with Gasteiger partial charge in [-0.3, -0.25) is 4.79 Å². The zero-order valence-electron chi connectivity index (χ0n) is 16.0. The van der Waals surface area contributed by atoms with Gasteiger partial charge in [0.25, 0.3) is 0 Å². The molecule has 148 valence electrons. The van der Waals surface area contributed by atoms with Crippen LogP contribution < -0.4 is 10.6 Å². The van der Waals surface area contributed by atoms with Crippen molar-refractivity contribution in [1.29, 1.82) is 0 Å². The fraction of sp³-hybridized carbons (Fsp3) is 0.364. The SMILES string of the molecule is CC(NC(=O)N1CCC(C(=O)NCc2ccccc2)CC1)c1ccccc1Br. The minimum Gasteiger partial charge on any atom is -0.352 e. The number of nitrogens with zero attached hydrogens (tertiary/aromatic N) is 1. The molecule has 1 aliphatic heterocycles. The van der Waals surface area contributed by atoms with Crippen molar-refractivity contribution in [3.05, 3.63) is 70.2 Å². The average Bonchev–Trinajstić information content (AvgIpc) is 2.73. The van der Waals surface area contributed by atoms with E-state index in [0.29, 0.717) is 32.5 Å². The van der Waals surface area contributed by atoms with Gasteiger partial charge in [0.1, 0.15) is 0 Å². The van der Waals surface area contributed by atoms with Crippen LogP contribution in [0.15, 0.2) is 59.1 Å². The molecule has 28 heavy (non-hydrogen) atoms. The lowest BCUT2D eigenvalue weighted by Gasteiger charge is -2.32. The molecule has 1 saturated heterocycles. The van der Waals surface area contributed by atoms with E-state index in [2.05, 4.69) is 26.6 Å². The zero-order chi connectivity index (χ0) is 19.9. The van der Waals surface area contributed by atoms with Crippen LogP contribution in [0, 0.1) is 5.92 Å². The summed E-state index contributed by atoms with van der Waals surface area (Å²) in [6.45, 7) is 3.71. The molecule has 5 nitrogen and oxygen atoms in total. The third kappa shape index (κ3) is 5.35. The first-order valence-corrected chi connectivity index (χ1v) is 10.5. The number of amides is 3. The van der Waals surface area contributed by atoms with E-state index in [0.717, 1.165) is 15.6 Å². The van der Waals surface area contributed by atoms with Crippen LogP contribution in [0.2, 0.25) is 0 Å². The average molecular weight is 444 g/mol. The van der Waals surface area contributed by atoms with Crippen molar-refractivity contribution >= 4 is 27.9 Å². The van der Waals surface area contributed by atoms with Crippen molar-refractivity contribution in [3.8, 4) is 0 Å². The molecule has 6 heteroatoms. The molecular weight excluding hydrogens is 418 g/mol. The predicted molar refractivity (Wildman–Crippen MR) is 114 cm³/mol. The van der Waals surface area contributed by atoms with Crippen LogP contribution in [0.3, 0.4) is 0 Å². The molecule has 1 fully saturated rings. The van der Waals surface area contributed by atoms with Crippen molar-refractivity contribution < 1.29 is 9.59 Å². The molecule has 3 rings (SSSR count). The van der Waals surface area contributed by atoms with E-state index in [9.17, 15) is 9.59 Å². The summed E-state index contributed by atoms with van der Waals surface area (Å²) >= 11 is 3.53. The summed E-state index contributed by atoms with van der Waals surface area (Å²) in [6.07, 6.45) is 1.38. The van der Waals surface area contributed by atoms with Crippen LogP contribution in [-0.2, 0) is 11.3 Å². The van der Waals surface area contributed by atoms with Crippen LogP contribution in [-0.4, -0.2) is 29.9 Å². The maximum absolute atomic E-state index is 12.6. The van der Waals surface area contributed by atoms with Crippen LogP contribution in [0.4, 0.5) is 4.79 Å². The summed E-state index contributed by atoms with van der Waals surface area (Å²) < 4.78 is 0.983. The molecule has 2 aromatic carbocycles. The number of carbonyl (C=O) groups excluding carboxylic acids is 2. The van der Waals surface area contributed by atoms with Crippen molar-refractivity contribution in [2.45, 2.75) is 32.4 Å². The highest BCUT2D eigenvalue weighted by Gasteiger charge is 2.28. The molecule has 0 bridgehead atoms. The molecule has 1 unspecified atom stereocenters. The van der Waals surface area contributed by atoms with Crippen LogP contribution >= 0.6 is 15.9 Å². The summed E-state index contributed by atoms with van der Waals surface area (Å²) in [4.78, 5) is 26.8. The normalized spacial score (nSPS) is 15.7. The van der Waals surface area contributed by atoms with E-state index in [1.165, 1.54) is 0 Å². The second-order valence-corrected chi connectivity index (χ2v) is 8.01. The summed E-state index contributed by atoms with van der Waals surface area (Å²) in [5, 5.41) is 6.06. The molecule has 0 aromatic heterocycles. The molecule has 2 N–H and O–H groups in total. The Morgan fingerprint density at radius 1 is 1.07 bits per heavy atom. The van der Waals surface area contributed by atoms with E-state index >= 15 is 0 Å². The smallest absolute Gasteiger partial charge is 0.317 e. The number of urea groups is 1. The van der Waals surface area contributed by atoms with Crippen LogP contribution in [0.5, 0.6) is 0 Å². The van der Waals surface area contributed by atoms with Gasteiger partial charge >= 0.3 is 6.03 Å². The number of carbonyl (C=O) groups is 2. The summed E-state index contributed by atoms with van der Waals surface area (Å²) in [5.41, 5.74) is 2.14. The maximum atomic E-state index is 12.6. The molecule has 1 heterocycles. The van der Waals surface area contributed by atoms with E-state index in [-0.39, 0.29) is 23.9 Å². The van der Waals surface area contributed by atoms with Gasteiger partial charge in [0.05, 0.1) is 6.04 Å². The van der Waals surface area contributed by atoms with Gasteiger partial charge in [-0.2, -0.15) is 0 Å². The van der Waals surface area contributed by atoms with Gasteiger partial charge < -0.3 is 15.5 Å². The van der Waals surface area contributed by atoms with Crippen molar-refractivity contribution in [2.75, 3.05) is 13.1 Å². The third-order valence-corrected chi connectivity index (χ3v) is 5.90. The summed E-state index contributed by atoms with van der Waals surface area (Å²) in [7, 11) is 0. The quantitative estimate of drug-likeness (QED) is 0.725. The number of rotatable bonds is 5. The highest BCUT2D eigenvalue weighted by Crippen LogP contribution is 2.23. The van der Waals surface area contributed by atoms with Crippen LogP contribution in [0.25, 0.3) is 0 Å². The van der Waals surface area contributed by atoms with Gasteiger partial charge in [-0.25, -0.2) is 4.79 Å². The topological polar surface area (TPSA) is 61.4 Å². The van der Waals surface area contributed by atoms with E-state index < -0.39 is 0 Å². The van der Waals surface area contributed by atoms with Gasteiger partial charge in [0.15, 0.2) is 0 Å². The minimum atomic E-state index is -0.0880. The fourth-order valence-corrected chi connectivity index (χ4v) is 4.08. The monoisotopic (exact) mass is 443 g/mol. The van der Waals surface area contributed by atoms with E-state index in [1.807, 2.05) is 61.5 Å². The number of halogens is 1. The van der Waals surface area contributed by atoms with Gasteiger partial charge in [0.2, 0.25) is 5.91 Å². The number of hydrogen-bond donors (Lipinski definition) is 2. The Kier molecular flexibility index (Phi) is 7.09. The Morgan fingerprint density at radius 3 is 2.39 bits per heavy atom. The number of hydrogen-bond acceptors (Lipinski definition) is 2. The minimum absolute atomic E-state index is 0.0338. The Bertz CT molecular complexity index is 804. The molecular formula is C22H26BrN3O2. The van der Waals surface area contributed by atoms with E-state index in [4.69, 9.17) is 0 Å². The molecule has 1 aliphatic rings. The zero-order valence-corrected chi connectivity index (χ0v) is 17.6. The molecule has 1 atom stereocenters. The lowest BCUT2D eigenvalue weighted by Crippen LogP contribution is -2.47. The molecule has 0 radical (unpaired) electrons. The molecule has 0 aliphatic carbocycles. The predicted octanol–water partition coefficient (Wildman–Crippen LogP) is 4.25. The molecule has 0 spiro atoms. The van der Waals surface area contributed by atoms with Crippen molar-refractivity contribution in [3.63, 3.8) is 0 Å². The second-order valence-electron chi connectivity index (χ2n) is 7.16. The Morgan fingerprint density at radius 2 is 1.71 bits per heavy atom. The van der Waals surface area contributed by atoms with Gasteiger partial charge in [-0.1, -0.05) is 64.5 Å². The third-order valence-electron chi connectivity index (χ3n) is 5.17. The maximum Gasteiger partial charge on any atom is 0.317 e. The number of likely N-dealkylation sites (tertiary alicyclic amines) is 1. The van der Waals surface area contributed by atoms with Crippen molar-refractivity contribution in [1.82, 2.24) is 15.5 Å². The number of benzene rings is 2. The second kappa shape index (κ2) is 9.73. The first kappa shape index (κ1) is 20.4. The van der Waals surface area contributed by atoms with Gasteiger partial charge in [-0.15, -0.1) is 0 Å². The first-order chi connectivity index (χ1) is 13.5. The number of nitrogens with one attached hydrogen (secondary N) is 2. The lowest BCUT2D eigenvalue weighted by atomic mass is 9.96. The lowest BCUT2D eigenvalue weighted by molar-refractivity contribution is -0.126. The number of piperidine rings is 1. The summed E-state index contributed by atoms with van der Waals surface area (Å²) in [6, 6.07) is 17.6. The van der Waals surface area contributed by atoms with Crippen molar-refractivity contribution in [2.24, 2.45) is 5.92 Å². The Balaban J connectivity index is 1.44. The summed E-state index contributed by atoms with van der Waals surface area (Å²) in [5.74, 6) is 0.0407. The van der Waals surface area contributed by atoms with Crippen LogP contribution in [0.1, 0.15) is 36.9 Å². The fourth-order valence-electron chi connectivity index (χ4n) is 3.45. The van der Waals surface area contributed by atoms with E-state index in [1.54, 1.807) is 4.90 Å².